The summed E-state index contributed by atoms with van der Waals surface area (Å²) in [6.07, 6.45) is 3.23. The van der Waals surface area contributed by atoms with Crippen molar-refractivity contribution < 1.29 is 14.3 Å². The van der Waals surface area contributed by atoms with Crippen molar-refractivity contribution in [1.29, 1.82) is 0 Å². The first-order chi connectivity index (χ1) is 10.1. The SMILES string of the molecule is CCOc1ccc(Cl)cc1/C=N\NC(=O)C(=O)NC1CC1. The molecule has 2 N–H and O–H groups in total. The van der Waals surface area contributed by atoms with Crippen molar-refractivity contribution in [2.75, 3.05) is 6.61 Å². The minimum Gasteiger partial charge on any atom is -0.493 e. The molecule has 1 aromatic rings. The van der Waals surface area contributed by atoms with Crippen molar-refractivity contribution in [3.8, 4) is 5.75 Å². The maximum absolute atomic E-state index is 11.5. The summed E-state index contributed by atoms with van der Waals surface area (Å²) in [5.74, 6) is -0.869. The lowest BCUT2D eigenvalue weighted by molar-refractivity contribution is -0.139. The Morgan fingerprint density at radius 2 is 2.19 bits per heavy atom. The number of nitrogens with one attached hydrogen (secondary N) is 2. The van der Waals surface area contributed by atoms with Crippen molar-refractivity contribution in [3.05, 3.63) is 28.8 Å². The standard InChI is InChI=1S/C14H16ClN3O3/c1-2-21-12-6-3-10(15)7-9(12)8-16-18-14(20)13(19)17-11-4-5-11/h3,6-8,11H,2,4-5H2,1H3,(H,17,19)(H,18,20)/b16-8-. The number of halogens is 1. The van der Waals surface area contributed by atoms with Crippen LogP contribution in [0.25, 0.3) is 0 Å². The second-order valence-corrected chi connectivity index (χ2v) is 5.00. The number of amides is 2. The van der Waals surface area contributed by atoms with Crippen LogP contribution in [-0.2, 0) is 9.59 Å². The summed E-state index contributed by atoms with van der Waals surface area (Å²) in [5.41, 5.74) is 2.79. The van der Waals surface area contributed by atoms with E-state index in [-0.39, 0.29) is 6.04 Å². The zero-order valence-electron chi connectivity index (χ0n) is 11.6. The van der Waals surface area contributed by atoms with Gasteiger partial charge in [-0.2, -0.15) is 5.10 Å². The first-order valence-electron chi connectivity index (χ1n) is 6.66. The second-order valence-electron chi connectivity index (χ2n) is 4.56. The molecule has 0 radical (unpaired) electrons. The molecule has 7 heteroatoms. The van der Waals surface area contributed by atoms with Crippen LogP contribution in [0.5, 0.6) is 5.75 Å². The molecule has 1 aliphatic carbocycles. The third-order valence-corrected chi connectivity index (χ3v) is 3.00. The van der Waals surface area contributed by atoms with Crippen LogP contribution in [0, 0.1) is 0 Å². The molecule has 1 aromatic carbocycles. The van der Waals surface area contributed by atoms with Crippen LogP contribution in [0.3, 0.4) is 0 Å². The molecular weight excluding hydrogens is 294 g/mol. The predicted molar refractivity (Wildman–Crippen MR) is 79.5 cm³/mol. The monoisotopic (exact) mass is 309 g/mol. The first kappa shape index (κ1) is 15.3. The molecule has 0 aliphatic heterocycles. The fourth-order valence-electron chi connectivity index (χ4n) is 1.60. The van der Waals surface area contributed by atoms with Gasteiger partial charge in [-0.05, 0) is 38.0 Å². The maximum Gasteiger partial charge on any atom is 0.329 e. The van der Waals surface area contributed by atoms with Crippen molar-refractivity contribution in [1.82, 2.24) is 10.7 Å². The van der Waals surface area contributed by atoms with Gasteiger partial charge in [0.2, 0.25) is 0 Å². The van der Waals surface area contributed by atoms with E-state index in [0.717, 1.165) is 12.8 Å². The van der Waals surface area contributed by atoms with E-state index in [2.05, 4.69) is 15.8 Å². The average Bonchev–Trinajstić information content (AvgIpc) is 3.25. The van der Waals surface area contributed by atoms with Gasteiger partial charge >= 0.3 is 11.8 Å². The van der Waals surface area contributed by atoms with Gasteiger partial charge in [0.05, 0.1) is 12.8 Å². The number of nitrogens with zero attached hydrogens (tertiary/aromatic N) is 1. The van der Waals surface area contributed by atoms with Gasteiger partial charge in [0.1, 0.15) is 5.75 Å². The van der Waals surface area contributed by atoms with E-state index in [1.54, 1.807) is 18.2 Å². The van der Waals surface area contributed by atoms with Gasteiger partial charge in [0.15, 0.2) is 0 Å². The largest absolute Gasteiger partial charge is 0.493 e. The van der Waals surface area contributed by atoms with E-state index in [4.69, 9.17) is 16.3 Å². The van der Waals surface area contributed by atoms with Crippen LogP contribution in [0.15, 0.2) is 23.3 Å². The summed E-state index contributed by atoms with van der Waals surface area (Å²) in [6, 6.07) is 5.21. The van der Waals surface area contributed by atoms with E-state index in [1.165, 1.54) is 6.21 Å². The molecule has 2 rings (SSSR count). The Morgan fingerprint density at radius 3 is 2.86 bits per heavy atom. The van der Waals surface area contributed by atoms with Gasteiger partial charge in [0, 0.05) is 16.6 Å². The molecule has 0 atom stereocenters. The van der Waals surface area contributed by atoms with Crippen LogP contribution < -0.4 is 15.5 Å². The molecule has 1 saturated carbocycles. The van der Waals surface area contributed by atoms with Crippen LogP contribution in [-0.4, -0.2) is 30.7 Å². The van der Waals surface area contributed by atoms with Crippen molar-refractivity contribution in [2.24, 2.45) is 5.10 Å². The topological polar surface area (TPSA) is 79.8 Å². The zero-order valence-corrected chi connectivity index (χ0v) is 12.3. The zero-order chi connectivity index (χ0) is 15.2. The molecule has 0 heterocycles. The van der Waals surface area contributed by atoms with Crippen LogP contribution >= 0.6 is 11.6 Å². The summed E-state index contributed by atoms with van der Waals surface area (Å²) in [7, 11) is 0. The maximum atomic E-state index is 11.5. The lowest BCUT2D eigenvalue weighted by Crippen LogP contribution is -2.38. The van der Waals surface area contributed by atoms with Crippen molar-refractivity contribution in [3.63, 3.8) is 0 Å². The number of carbonyl (C=O) groups excluding carboxylic acids is 2. The van der Waals surface area contributed by atoms with E-state index in [1.807, 2.05) is 6.92 Å². The first-order valence-corrected chi connectivity index (χ1v) is 7.04. The Labute approximate surface area is 127 Å². The second kappa shape index (κ2) is 7.08. The summed E-state index contributed by atoms with van der Waals surface area (Å²) in [6.45, 7) is 2.36. The van der Waals surface area contributed by atoms with Gasteiger partial charge in [-0.3, -0.25) is 9.59 Å². The Hall–Kier alpha value is -2.08. The van der Waals surface area contributed by atoms with Crippen LogP contribution in [0.4, 0.5) is 0 Å². The number of rotatable bonds is 5. The number of hydrogen-bond donors (Lipinski definition) is 2. The number of hydrazone groups is 1. The molecule has 112 valence electrons. The molecule has 0 unspecified atom stereocenters. The third-order valence-electron chi connectivity index (χ3n) is 2.76. The van der Waals surface area contributed by atoms with E-state index < -0.39 is 11.8 Å². The number of carbonyl (C=O) groups is 2. The molecule has 1 fully saturated rings. The minimum absolute atomic E-state index is 0.129. The molecule has 2 amide bonds. The van der Waals surface area contributed by atoms with Crippen LogP contribution in [0.1, 0.15) is 25.3 Å². The Morgan fingerprint density at radius 1 is 1.43 bits per heavy atom. The summed E-state index contributed by atoms with van der Waals surface area (Å²) in [4.78, 5) is 22.9. The lowest BCUT2D eigenvalue weighted by Gasteiger charge is -2.07. The fourth-order valence-corrected chi connectivity index (χ4v) is 1.78. The van der Waals surface area contributed by atoms with Gasteiger partial charge in [-0.15, -0.1) is 0 Å². The average molecular weight is 310 g/mol. The van der Waals surface area contributed by atoms with Gasteiger partial charge in [-0.25, -0.2) is 5.43 Å². The van der Waals surface area contributed by atoms with Crippen LogP contribution in [0.2, 0.25) is 5.02 Å². The highest BCUT2D eigenvalue weighted by Crippen LogP contribution is 2.21. The van der Waals surface area contributed by atoms with E-state index in [0.29, 0.717) is 22.9 Å². The number of hydrogen-bond acceptors (Lipinski definition) is 4. The highest BCUT2D eigenvalue weighted by Gasteiger charge is 2.26. The number of ether oxygens (including phenoxy) is 1. The lowest BCUT2D eigenvalue weighted by atomic mass is 10.2. The Kier molecular flexibility index (Phi) is 5.16. The van der Waals surface area contributed by atoms with E-state index >= 15 is 0 Å². The smallest absolute Gasteiger partial charge is 0.329 e. The number of benzene rings is 1. The Bertz CT molecular complexity index is 571. The van der Waals surface area contributed by atoms with Gasteiger partial charge in [0.25, 0.3) is 0 Å². The molecule has 1 aliphatic rings. The normalized spacial score (nSPS) is 14.0. The molecule has 0 aromatic heterocycles. The fraction of sp³-hybridized carbons (Fsp3) is 0.357. The third kappa shape index (κ3) is 4.75. The summed E-state index contributed by atoms with van der Waals surface area (Å²) in [5, 5.41) is 6.85. The van der Waals surface area contributed by atoms with Gasteiger partial charge < -0.3 is 10.1 Å². The quantitative estimate of drug-likeness (QED) is 0.491. The highest BCUT2D eigenvalue weighted by molar-refractivity contribution is 6.35. The molecule has 6 nitrogen and oxygen atoms in total. The molecular formula is C14H16ClN3O3. The van der Waals surface area contributed by atoms with Crippen molar-refractivity contribution in [2.45, 2.75) is 25.8 Å². The molecule has 0 saturated heterocycles. The summed E-state index contributed by atoms with van der Waals surface area (Å²) >= 11 is 5.90. The highest BCUT2D eigenvalue weighted by atomic mass is 35.5. The molecule has 0 spiro atoms. The molecule has 21 heavy (non-hydrogen) atoms. The molecule has 0 bridgehead atoms. The predicted octanol–water partition coefficient (Wildman–Crippen LogP) is 1.47. The van der Waals surface area contributed by atoms with Crippen molar-refractivity contribution >= 4 is 29.6 Å². The van der Waals surface area contributed by atoms with Gasteiger partial charge in [-0.1, -0.05) is 11.6 Å². The minimum atomic E-state index is -0.793. The summed E-state index contributed by atoms with van der Waals surface area (Å²) < 4.78 is 5.42. The van der Waals surface area contributed by atoms with E-state index in [9.17, 15) is 9.59 Å². The Balaban J connectivity index is 1.95.